The lowest BCUT2D eigenvalue weighted by Crippen LogP contribution is -2.38. The monoisotopic (exact) mass is 264 g/mol. The highest BCUT2D eigenvalue weighted by Crippen LogP contribution is 2.13. The summed E-state index contributed by atoms with van der Waals surface area (Å²) in [7, 11) is 0. The van der Waals surface area contributed by atoms with Crippen LogP contribution in [0.5, 0.6) is 0 Å². The molecule has 1 aliphatic rings. The van der Waals surface area contributed by atoms with Crippen molar-refractivity contribution in [1.29, 1.82) is 0 Å². The third-order valence-corrected chi connectivity index (χ3v) is 3.91. The zero-order valence-electron chi connectivity index (χ0n) is 12.4. The molecule has 0 radical (unpaired) electrons. The Morgan fingerprint density at radius 1 is 1.47 bits per heavy atom. The van der Waals surface area contributed by atoms with Crippen LogP contribution in [0.25, 0.3) is 0 Å². The highest BCUT2D eigenvalue weighted by Gasteiger charge is 2.16. The van der Waals surface area contributed by atoms with Crippen LogP contribution in [0, 0.1) is 5.92 Å². The molecular formula is C15H28N4. The van der Waals surface area contributed by atoms with E-state index < -0.39 is 0 Å². The smallest absolute Gasteiger partial charge is 0.0534 e. The molecule has 4 nitrogen and oxygen atoms in total. The van der Waals surface area contributed by atoms with Gasteiger partial charge in [0.1, 0.15) is 0 Å². The second kappa shape index (κ2) is 7.65. The van der Waals surface area contributed by atoms with Gasteiger partial charge in [0, 0.05) is 31.4 Å². The van der Waals surface area contributed by atoms with Crippen LogP contribution in [0.2, 0.25) is 0 Å². The predicted molar refractivity (Wildman–Crippen MR) is 79.1 cm³/mol. The van der Waals surface area contributed by atoms with Gasteiger partial charge in [0.15, 0.2) is 0 Å². The number of rotatable bonds is 7. The molecule has 0 saturated carbocycles. The quantitative estimate of drug-likeness (QED) is 0.819. The van der Waals surface area contributed by atoms with Crippen molar-refractivity contribution in [2.45, 2.75) is 46.2 Å². The largest absolute Gasteiger partial charge is 0.316 e. The lowest BCUT2D eigenvalue weighted by atomic mass is 9.99. The van der Waals surface area contributed by atoms with E-state index in [-0.39, 0.29) is 0 Å². The van der Waals surface area contributed by atoms with E-state index in [4.69, 9.17) is 0 Å². The average Bonchev–Trinajstić information content (AvgIpc) is 2.87. The lowest BCUT2D eigenvalue weighted by molar-refractivity contribution is 0.209. The molecule has 4 heteroatoms. The molecule has 1 fully saturated rings. The van der Waals surface area contributed by atoms with Crippen molar-refractivity contribution in [3.8, 4) is 0 Å². The Morgan fingerprint density at radius 2 is 2.37 bits per heavy atom. The summed E-state index contributed by atoms with van der Waals surface area (Å²) in [6.07, 6.45) is 8.07. The van der Waals surface area contributed by atoms with Crippen LogP contribution in [-0.2, 0) is 13.1 Å². The van der Waals surface area contributed by atoms with Crippen molar-refractivity contribution < 1.29 is 0 Å². The number of aryl methyl sites for hydroxylation is 1. The normalized spacial score (nSPS) is 20.1. The summed E-state index contributed by atoms with van der Waals surface area (Å²) < 4.78 is 2.06. The molecule has 1 unspecified atom stereocenters. The van der Waals surface area contributed by atoms with Crippen LogP contribution in [0.4, 0.5) is 0 Å². The van der Waals surface area contributed by atoms with E-state index in [0.717, 1.165) is 32.0 Å². The first kappa shape index (κ1) is 14.5. The molecule has 0 spiro atoms. The molecule has 1 N–H and O–H groups in total. The number of hydrogen-bond donors (Lipinski definition) is 1. The molecule has 19 heavy (non-hydrogen) atoms. The van der Waals surface area contributed by atoms with Gasteiger partial charge in [0.25, 0.3) is 0 Å². The van der Waals surface area contributed by atoms with Crippen molar-refractivity contribution >= 4 is 0 Å². The van der Waals surface area contributed by atoms with Crippen LogP contribution in [0.1, 0.15) is 38.7 Å². The Labute approximate surface area is 117 Å². The maximum Gasteiger partial charge on any atom is 0.0534 e. The van der Waals surface area contributed by atoms with Crippen molar-refractivity contribution in [2.24, 2.45) is 5.92 Å². The van der Waals surface area contributed by atoms with Gasteiger partial charge < -0.3 is 5.32 Å². The van der Waals surface area contributed by atoms with Gasteiger partial charge in [0.2, 0.25) is 0 Å². The Bertz CT molecular complexity index is 355. The summed E-state index contributed by atoms with van der Waals surface area (Å²) >= 11 is 0. The predicted octanol–water partition coefficient (Wildman–Crippen LogP) is 2.11. The summed E-state index contributed by atoms with van der Waals surface area (Å²) in [5.74, 6) is 0.819. The van der Waals surface area contributed by atoms with Crippen LogP contribution < -0.4 is 5.32 Å². The number of nitrogens with one attached hydrogen (secondary N) is 1. The maximum absolute atomic E-state index is 4.42. The van der Waals surface area contributed by atoms with Gasteiger partial charge in [-0.05, 0) is 44.8 Å². The second-order valence-electron chi connectivity index (χ2n) is 5.65. The fourth-order valence-electron chi connectivity index (χ4n) is 2.85. The minimum atomic E-state index is 0.819. The molecule has 1 atom stereocenters. The second-order valence-corrected chi connectivity index (χ2v) is 5.65. The molecule has 1 aromatic rings. The first-order chi connectivity index (χ1) is 9.31. The standard InChI is InChI=1S/C15H28N4/c1-3-8-19-13-15(10-17-19)12-18(4-2)11-14-6-5-7-16-9-14/h10,13-14,16H,3-9,11-12H2,1-2H3. The fraction of sp³-hybridized carbons (Fsp3) is 0.800. The molecule has 2 heterocycles. The number of piperidine rings is 1. The van der Waals surface area contributed by atoms with Crippen LogP contribution in [0.15, 0.2) is 12.4 Å². The van der Waals surface area contributed by atoms with Crippen molar-refractivity contribution in [3.63, 3.8) is 0 Å². The van der Waals surface area contributed by atoms with E-state index in [9.17, 15) is 0 Å². The Balaban J connectivity index is 1.83. The minimum Gasteiger partial charge on any atom is -0.316 e. The van der Waals surface area contributed by atoms with Gasteiger partial charge in [-0.25, -0.2) is 0 Å². The van der Waals surface area contributed by atoms with Crippen molar-refractivity contribution in [1.82, 2.24) is 20.0 Å². The average molecular weight is 264 g/mol. The Hall–Kier alpha value is -0.870. The van der Waals surface area contributed by atoms with E-state index in [1.165, 1.54) is 38.0 Å². The van der Waals surface area contributed by atoms with Gasteiger partial charge >= 0.3 is 0 Å². The molecule has 108 valence electrons. The minimum absolute atomic E-state index is 0.819. The maximum atomic E-state index is 4.42. The van der Waals surface area contributed by atoms with Crippen molar-refractivity contribution in [3.05, 3.63) is 18.0 Å². The van der Waals surface area contributed by atoms with Gasteiger partial charge in [-0.3, -0.25) is 9.58 Å². The van der Waals surface area contributed by atoms with E-state index in [0.29, 0.717) is 0 Å². The first-order valence-corrected chi connectivity index (χ1v) is 7.76. The van der Waals surface area contributed by atoms with E-state index in [2.05, 4.69) is 40.0 Å². The van der Waals surface area contributed by atoms with Gasteiger partial charge in [-0.15, -0.1) is 0 Å². The number of aromatic nitrogens is 2. The third kappa shape index (κ3) is 4.62. The number of hydrogen-bond acceptors (Lipinski definition) is 3. The summed E-state index contributed by atoms with van der Waals surface area (Å²) in [5, 5.41) is 7.92. The molecule has 1 aliphatic heterocycles. The zero-order valence-corrected chi connectivity index (χ0v) is 12.4. The fourth-order valence-corrected chi connectivity index (χ4v) is 2.85. The SMILES string of the molecule is CCCn1cc(CN(CC)CC2CCCNC2)cn1. The van der Waals surface area contributed by atoms with E-state index in [1.54, 1.807) is 0 Å². The van der Waals surface area contributed by atoms with Gasteiger partial charge in [-0.1, -0.05) is 13.8 Å². The van der Waals surface area contributed by atoms with E-state index in [1.807, 2.05) is 6.20 Å². The molecule has 1 saturated heterocycles. The summed E-state index contributed by atoms with van der Waals surface area (Å²) in [4.78, 5) is 2.55. The molecule has 0 aliphatic carbocycles. The van der Waals surface area contributed by atoms with Gasteiger partial charge in [-0.2, -0.15) is 5.10 Å². The van der Waals surface area contributed by atoms with Crippen LogP contribution in [-0.4, -0.2) is 40.9 Å². The zero-order chi connectivity index (χ0) is 13.5. The first-order valence-electron chi connectivity index (χ1n) is 7.76. The summed E-state index contributed by atoms with van der Waals surface area (Å²) in [6, 6.07) is 0. The highest BCUT2D eigenvalue weighted by atomic mass is 15.3. The third-order valence-electron chi connectivity index (χ3n) is 3.91. The molecule has 0 aromatic carbocycles. The van der Waals surface area contributed by atoms with E-state index >= 15 is 0 Å². The van der Waals surface area contributed by atoms with Gasteiger partial charge in [0.05, 0.1) is 6.20 Å². The molecule has 2 rings (SSSR count). The molecule has 1 aromatic heterocycles. The molecular weight excluding hydrogens is 236 g/mol. The Kier molecular flexibility index (Phi) is 5.86. The van der Waals surface area contributed by atoms with Crippen molar-refractivity contribution in [2.75, 3.05) is 26.2 Å². The lowest BCUT2D eigenvalue weighted by Gasteiger charge is -2.29. The number of nitrogens with zero attached hydrogens (tertiary/aromatic N) is 3. The summed E-state index contributed by atoms with van der Waals surface area (Å²) in [6.45, 7) is 11.2. The molecule has 0 amide bonds. The summed E-state index contributed by atoms with van der Waals surface area (Å²) in [5.41, 5.74) is 1.35. The highest BCUT2D eigenvalue weighted by molar-refractivity contribution is 5.03. The van der Waals surface area contributed by atoms with Crippen LogP contribution in [0.3, 0.4) is 0 Å². The molecule has 0 bridgehead atoms. The van der Waals surface area contributed by atoms with Crippen LogP contribution >= 0.6 is 0 Å². The topological polar surface area (TPSA) is 33.1 Å². The Morgan fingerprint density at radius 3 is 3.05 bits per heavy atom.